The SMILES string of the molecule is COCCCOc1cc(C[C@@H](C[C@@H](O)[C@@H]2CCC(=O)O2)C(C)C)ccc1OC. The molecule has 1 fully saturated rings. The molecular formula is C22H34O6. The van der Waals surface area contributed by atoms with E-state index in [0.717, 1.165) is 24.2 Å². The summed E-state index contributed by atoms with van der Waals surface area (Å²) in [5.41, 5.74) is 1.14. The highest BCUT2D eigenvalue weighted by molar-refractivity contribution is 5.71. The third-order valence-corrected chi connectivity index (χ3v) is 5.31. The summed E-state index contributed by atoms with van der Waals surface area (Å²) in [6.07, 6.45) is 2.24. The first-order chi connectivity index (χ1) is 13.4. The Bertz CT molecular complexity index is 615. The van der Waals surface area contributed by atoms with Crippen LogP contribution in [-0.4, -0.2) is 50.7 Å². The van der Waals surface area contributed by atoms with Crippen LogP contribution >= 0.6 is 0 Å². The van der Waals surface area contributed by atoms with Crippen molar-refractivity contribution in [2.75, 3.05) is 27.4 Å². The molecule has 1 aromatic carbocycles. The highest BCUT2D eigenvalue weighted by Crippen LogP contribution is 2.32. The number of benzene rings is 1. The molecule has 1 aromatic rings. The van der Waals surface area contributed by atoms with Crippen LogP contribution in [0.1, 0.15) is 45.1 Å². The Balaban J connectivity index is 2.01. The summed E-state index contributed by atoms with van der Waals surface area (Å²) in [6.45, 7) is 5.53. The van der Waals surface area contributed by atoms with E-state index in [1.54, 1.807) is 14.2 Å². The van der Waals surface area contributed by atoms with Gasteiger partial charge in [-0.1, -0.05) is 19.9 Å². The zero-order chi connectivity index (χ0) is 20.5. The smallest absolute Gasteiger partial charge is 0.306 e. The van der Waals surface area contributed by atoms with Crippen molar-refractivity contribution in [3.05, 3.63) is 23.8 Å². The lowest BCUT2D eigenvalue weighted by molar-refractivity contribution is -0.145. The van der Waals surface area contributed by atoms with E-state index in [-0.39, 0.29) is 18.0 Å². The number of hydrogen-bond donors (Lipinski definition) is 1. The second kappa shape index (κ2) is 11.3. The molecule has 0 amide bonds. The molecule has 1 N–H and O–H groups in total. The third-order valence-electron chi connectivity index (χ3n) is 5.31. The van der Waals surface area contributed by atoms with Crippen molar-refractivity contribution in [1.82, 2.24) is 0 Å². The fourth-order valence-corrected chi connectivity index (χ4v) is 3.52. The largest absolute Gasteiger partial charge is 0.493 e. The molecule has 1 saturated heterocycles. The zero-order valence-electron chi connectivity index (χ0n) is 17.5. The van der Waals surface area contributed by atoms with Crippen molar-refractivity contribution < 1.29 is 28.8 Å². The van der Waals surface area contributed by atoms with E-state index in [4.69, 9.17) is 18.9 Å². The third kappa shape index (κ3) is 6.67. The van der Waals surface area contributed by atoms with Gasteiger partial charge < -0.3 is 24.1 Å². The number of rotatable bonds is 12. The molecule has 1 aliphatic heterocycles. The van der Waals surface area contributed by atoms with Crippen molar-refractivity contribution in [2.24, 2.45) is 11.8 Å². The highest BCUT2D eigenvalue weighted by Gasteiger charge is 2.32. The first-order valence-electron chi connectivity index (χ1n) is 10.1. The Morgan fingerprint density at radius 3 is 2.61 bits per heavy atom. The first kappa shape index (κ1) is 22.5. The molecular weight excluding hydrogens is 360 g/mol. The molecule has 6 nitrogen and oxygen atoms in total. The number of cyclic esters (lactones) is 1. The van der Waals surface area contributed by atoms with Crippen LogP contribution in [0.25, 0.3) is 0 Å². The van der Waals surface area contributed by atoms with E-state index in [1.807, 2.05) is 18.2 Å². The Morgan fingerprint density at radius 1 is 1.21 bits per heavy atom. The number of esters is 1. The van der Waals surface area contributed by atoms with Gasteiger partial charge in [0.15, 0.2) is 11.5 Å². The Morgan fingerprint density at radius 2 is 2.00 bits per heavy atom. The van der Waals surface area contributed by atoms with Gasteiger partial charge in [-0.05, 0) is 48.8 Å². The molecule has 1 heterocycles. The molecule has 0 aromatic heterocycles. The summed E-state index contributed by atoms with van der Waals surface area (Å²) < 4.78 is 21.6. The molecule has 0 saturated carbocycles. The van der Waals surface area contributed by atoms with E-state index in [2.05, 4.69) is 13.8 Å². The van der Waals surface area contributed by atoms with Crippen LogP contribution in [0.4, 0.5) is 0 Å². The molecule has 158 valence electrons. The van der Waals surface area contributed by atoms with Gasteiger partial charge in [0.1, 0.15) is 6.10 Å². The van der Waals surface area contributed by atoms with Crippen LogP contribution in [0.2, 0.25) is 0 Å². The molecule has 1 aliphatic rings. The Labute approximate surface area is 168 Å². The number of carbonyl (C=O) groups is 1. The van der Waals surface area contributed by atoms with Crippen LogP contribution in [0.5, 0.6) is 11.5 Å². The predicted octanol–water partition coefficient (Wildman–Crippen LogP) is 3.38. The number of carbonyl (C=O) groups excluding carboxylic acids is 1. The Kier molecular flexibility index (Phi) is 9.06. The van der Waals surface area contributed by atoms with Gasteiger partial charge in [-0.15, -0.1) is 0 Å². The Hall–Kier alpha value is -1.79. The summed E-state index contributed by atoms with van der Waals surface area (Å²) in [4.78, 5) is 11.3. The topological polar surface area (TPSA) is 74.2 Å². The van der Waals surface area contributed by atoms with E-state index in [9.17, 15) is 9.90 Å². The number of ether oxygens (including phenoxy) is 4. The molecule has 0 bridgehead atoms. The summed E-state index contributed by atoms with van der Waals surface area (Å²) >= 11 is 0. The van der Waals surface area contributed by atoms with Crippen molar-refractivity contribution >= 4 is 5.97 Å². The fourth-order valence-electron chi connectivity index (χ4n) is 3.52. The maximum absolute atomic E-state index is 11.3. The molecule has 2 rings (SSSR count). The molecule has 28 heavy (non-hydrogen) atoms. The molecule has 0 aliphatic carbocycles. The quantitative estimate of drug-likeness (QED) is 0.433. The van der Waals surface area contributed by atoms with Crippen molar-refractivity contribution in [1.29, 1.82) is 0 Å². The van der Waals surface area contributed by atoms with Gasteiger partial charge >= 0.3 is 5.97 Å². The van der Waals surface area contributed by atoms with Crippen LogP contribution in [0, 0.1) is 11.8 Å². The minimum absolute atomic E-state index is 0.212. The van der Waals surface area contributed by atoms with Crippen molar-refractivity contribution in [3.8, 4) is 11.5 Å². The van der Waals surface area contributed by atoms with Crippen molar-refractivity contribution in [3.63, 3.8) is 0 Å². The van der Waals surface area contributed by atoms with Gasteiger partial charge in [0.25, 0.3) is 0 Å². The van der Waals surface area contributed by atoms with E-state index >= 15 is 0 Å². The lowest BCUT2D eigenvalue weighted by Gasteiger charge is -2.26. The van der Waals surface area contributed by atoms with Gasteiger partial charge in [-0.3, -0.25) is 4.79 Å². The lowest BCUT2D eigenvalue weighted by atomic mass is 9.83. The number of hydrogen-bond acceptors (Lipinski definition) is 6. The lowest BCUT2D eigenvalue weighted by Crippen LogP contribution is -2.30. The zero-order valence-corrected chi connectivity index (χ0v) is 17.5. The van der Waals surface area contributed by atoms with Crippen LogP contribution in [0.15, 0.2) is 18.2 Å². The predicted molar refractivity (Wildman–Crippen MR) is 107 cm³/mol. The summed E-state index contributed by atoms with van der Waals surface area (Å²) in [6, 6.07) is 5.98. The second-order valence-electron chi connectivity index (χ2n) is 7.76. The van der Waals surface area contributed by atoms with Gasteiger partial charge in [-0.25, -0.2) is 0 Å². The average Bonchev–Trinajstić information content (AvgIpc) is 3.11. The van der Waals surface area contributed by atoms with Gasteiger partial charge in [0, 0.05) is 26.6 Å². The minimum Gasteiger partial charge on any atom is -0.493 e. The summed E-state index contributed by atoms with van der Waals surface area (Å²) in [5, 5.41) is 10.5. The molecule has 0 spiro atoms. The van der Waals surface area contributed by atoms with Crippen molar-refractivity contribution in [2.45, 2.75) is 58.2 Å². The molecule has 3 atom stereocenters. The number of aliphatic hydroxyl groups is 1. The standard InChI is InChI=1S/C22H34O6/c1-15(2)17(14-18(23)19-8-9-22(24)28-19)12-16-6-7-20(26-4)21(13-16)27-11-5-10-25-3/h6-7,13,15,17-19,23H,5,8-12,14H2,1-4H3/t17-,18+,19-/m0/s1. The summed E-state index contributed by atoms with van der Waals surface area (Å²) in [5.74, 6) is 1.88. The summed E-state index contributed by atoms with van der Waals surface area (Å²) in [7, 11) is 3.31. The van der Waals surface area contributed by atoms with Gasteiger partial charge in [-0.2, -0.15) is 0 Å². The van der Waals surface area contributed by atoms with Crippen LogP contribution in [-0.2, 0) is 20.7 Å². The maximum Gasteiger partial charge on any atom is 0.306 e. The average molecular weight is 395 g/mol. The van der Waals surface area contributed by atoms with Crippen LogP contribution < -0.4 is 9.47 Å². The number of aliphatic hydroxyl groups excluding tert-OH is 1. The van der Waals surface area contributed by atoms with Gasteiger partial charge in [0.2, 0.25) is 0 Å². The highest BCUT2D eigenvalue weighted by atomic mass is 16.6. The minimum atomic E-state index is -0.623. The maximum atomic E-state index is 11.3. The monoisotopic (exact) mass is 394 g/mol. The van der Waals surface area contributed by atoms with E-state index < -0.39 is 6.10 Å². The normalized spacial score (nSPS) is 18.8. The van der Waals surface area contributed by atoms with Crippen LogP contribution in [0.3, 0.4) is 0 Å². The van der Waals surface area contributed by atoms with E-state index in [0.29, 0.717) is 44.1 Å². The first-order valence-corrected chi connectivity index (χ1v) is 10.1. The fraction of sp³-hybridized carbons (Fsp3) is 0.682. The molecule has 0 radical (unpaired) electrons. The molecule has 0 unspecified atom stereocenters. The van der Waals surface area contributed by atoms with Gasteiger partial charge in [0.05, 0.1) is 19.8 Å². The second-order valence-corrected chi connectivity index (χ2v) is 7.76. The number of methoxy groups -OCH3 is 2. The molecule has 6 heteroatoms. The van der Waals surface area contributed by atoms with E-state index in [1.165, 1.54) is 0 Å².